The van der Waals surface area contributed by atoms with E-state index in [-0.39, 0.29) is 19.6 Å². The Kier molecular flexibility index (Phi) is 6.97. The summed E-state index contributed by atoms with van der Waals surface area (Å²) in [6.45, 7) is 10.6. The first-order chi connectivity index (χ1) is 10.7. The number of rotatable bonds is 7. The van der Waals surface area contributed by atoms with Crippen molar-refractivity contribution in [3.63, 3.8) is 0 Å². The largest absolute Gasteiger partial charge is 0.462 e. The number of hydrogen-bond donors (Lipinski definition) is 1. The minimum Gasteiger partial charge on any atom is -0.462 e. The van der Waals surface area contributed by atoms with Crippen LogP contribution < -0.4 is 0 Å². The van der Waals surface area contributed by atoms with Crippen LogP contribution in [0.2, 0.25) is 0 Å². The average molecular weight is 320 g/mol. The maximum atomic E-state index is 12.1. The van der Waals surface area contributed by atoms with Gasteiger partial charge in [-0.3, -0.25) is 0 Å². The molecule has 5 nitrogen and oxygen atoms in total. The molecular formula is C18H24O5. The fourth-order valence-corrected chi connectivity index (χ4v) is 2.00. The van der Waals surface area contributed by atoms with Crippen LogP contribution in [-0.2, 0) is 14.3 Å². The van der Waals surface area contributed by atoms with E-state index in [9.17, 15) is 14.7 Å². The molecule has 0 aliphatic heterocycles. The van der Waals surface area contributed by atoms with Gasteiger partial charge < -0.3 is 14.6 Å². The average Bonchev–Trinajstić information content (AvgIpc) is 2.48. The van der Waals surface area contributed by atoms with Crippen molar-refractivity contribution < 1.29 is 24.2 Å². The van der Waals surface area contributed by atoms with E-state index in [2.05, 4.69) is 6.58 Å². The Hall–Kier alpha value is -2.14. The van der Waals surface area contributed by atoms with Crippen LogP contribution in [0, 0.1) is 20.8 Å². The lowest BCUT2D eigenvalue weighted by Gasteiger charge is -2.13. The summed E-state index contributed by atoms with van der Waals surface area (Å²) in [4.78, 5) is 23.3. The monoisotopic (exact) mass is 320 g/mol. The van der Waals surface area contributed by atoms with Crippen molar-refractivity contribution in [3.05, 3.63) is 46.5 Å². The van der Waals surface area contributed by atoms with Crippen molar-refractivity contribution in [2.24, 2.45) is 0 Å². The normalized spacial score (nSPS) is 11.7. The molecule has 0 aliphatic rings. The quantitative estimate of drug-likeness (QED) is 0.617. The number of esters is 2. The second-order valence-electron chi connectivity index (χ2n) is 5.71. The van der Waals surface area contributed by atoms with Crippen LogP contribution in [0.3, 0.4) is 0 Å². The SMILES string of the molecule is C=C(C)C(=O)OCCC(O)COC(=O)c1cc(C)cc(C)c1C. The zero-order valence-electron chi connectivity index (χ0n) is 14.1. The third kappa shape index (κ3) is 5.87. The lowest BCUT2D eigenvalue weighted by Crippen LogP contribution is -2.21. The molecule has 1 aromatic rings. The third-order valence-corrected chi connectivity index (χ3v) is 3.47. The Morgan fingerprint density at radius 3 is 2.48 bits per heavy atom. The van der Waals surface area contributed by atoms with Gasteiger partial charge in [-0.1, -0.05) is 12.6 Å². The van der Waals surface area contributed by atoms with Gasteiger partial charge in [0.15, 0.2) is 0 Å². The molecule has 126 valence electrons. The number of carbonyl (C=O) groups is 2. The highest BCUT2D eigenvalue weighted by Crippen LogP contribution is 2.17. The Morgan fingerprint density at radius 2 is 1.87 bits per heavy atom. The second kappa shape index (κ2) is 8.48. The molecular weight excluding hydrogens is 296 g/mol. The van der Waals surface area contributed by atoms with Crippen LogP contribution >= 0.6 is 0 Å². The van der Waals surface area contributed by atoms with E-state index in [1.165, 1.54) is 0 Å². The number of aliphatic hydroxyl groups excluding tert-OH is 1. The first kappa shape index (κ1) is 18.9. The molecule has 1 atom stereocenters. The molecule has 23 heavy (non-hydrogen) atoms. The Bertz CT molecular complexity index is 604. The van der Waals surface area contributed by atoms with Crippen LogP contribution in [0.4, 0.5) is 0 Å². The van der Waals surface area contributed by atoms with E-state index in [0.717, 1.165) is 16.7 Å². The van der Waals surface area contributed by atoms with Crippen LogP contribution in [-0.4, -0.2) is 36.4 Å². The molecule has 0 heterocycles. The topological polar surface area (TPSA) is 72.8 Å². The summed E-state index contributed by atoms with van der Waals surface area (Å²) in [6, 6.07) is 3.77. The van der Waals surface area contributed by atoms with Gasteiger partial charge in [-0.15, -0.1) is 0 Å². The van der Waals surface area contributed by atoms with E-state index in [4.69, 9.17) is 9.47 Å². The molecule has 1 aromatic carbocycles. The summed E-state index contributed by atoms with van der Waals surface area (Å²) in [5, 5.41) is 9.78. The molecule has 0 amide bonds. The van der Waals surface area contributed by atoms with Crippen molar-refractivity contribution >= 4 is 11.9 Å². The van der Waals surface area contributed by atoms with Crippen molar-refractivity contribution in [1.29, 1.82) is 0 Å². The molecule has 1 unspecified atom stereocenters. The zero-order valence-corrected chi connectivity index (χ0v) is 14.1. The van der Waals surface area contributed by atoms with Crippen LogP contribution in [0.25, 0.3) is 0 Å². The first-order valence-electron chi connectivity index (χ1n) is 7.48. The summed E-state index contributed by atoms with van der Waals surface area (Å²) < 4.78 is 10.0. The highest BCUT2D eigenvalue weighted by Gasteiger charge is 2.15. The summed E-state index contributed by atoms with van der Waals surface area (Å²) in [7, 11) is 0. The van der Waals surface area contributed by atoms with E-state index < -0.39 is 18.0 Å². The summed E-state index contributed by atoms with van der Waals surface area (Å²) in [5.41, 5.74) is 3.67. The first-order valence-corrected chi connectivity index (χ1v) is 7.48. The van der Waals surface area contributed by atoms with Crippen molar-refractivity contribution in [2.75, 3.05) is 13.2 Å². The van der Waals surface area contributed by atoms with Crippen molar-refractivity contribution in [2.45, 2.75) is 40.2 Å². The summed E-state index contributed by atoms with van der Waals surface area (Å²) in [5.74, 6) is -0.965. The zero-order chi connectivity index (χ0) is 17.6. The lowest BCUT2D eigenvalue weighted by atomic mass is 10.0. The van der Waals surface area contributed by atoms with Crippen LogP contribution in [0.15, 0.2) is 24.3 Å². The van der Waals surface area contributed by atoms with Gasteiger partial charge in [0.05, 0.1) is 18.3 Å². The number of hydrogen-bond acceptors (Lipinski definition) is 5. The smallest absolute Gasteiger partial charge is 0.338 e. The van der Waals surface area contributed by atoms with Gasteiger partial charge in [-0.25, -0.2) is 9.59 Å². The van der Waals surface area contributed by atoms with E-state index in [1.54, 1.807) is 13.0 Å². The van der Waals surface area contributed by atoms with Gasteiger partial charge >= 0.3 is 11.9 Å². The Balaban J connectivity index is 2.47. The highest BCUT2D eigenvalue weighted by atomic mass is 16.5. The van der Waals surface area contributed by atoms with Gasteiger partial charge in [-0.05, 0) is 50.5 Å². The highest BCUT2D eigenvalue weighted by molar-refractivity contribution is 5.91. The van der Waals surface area contributed by atoms with Gasteiger partial charge in [0.2, 0.25) is 0 Å². The summed E-state index contributed by atoms with van der Waals surface area (Å²) in [6.07, 6.45) is -0.693. The van der Waals surface area contributed by atoms with Crippen LogP contribution in [0.5, 0.6) is 0 Å². The molecule has 1 N–H and O–H groups in total. The second-order valence-corrected chi connectivity index (χ2v) is 5.71. The molecule has 0 aliphatic carbocycles. The van der Waals surface area contributed by atoms with E-state index in [0.29, 0.717) is 11.1 Å². The molecule has 0 fully saturated rings. The maximum Gasteiger partial charge on any atom is 0.338 e. The Morgan fingerprint density at radius 1 is 1.22 bits per heavy atom. The lowest BCUT2D eigenvalue weighted by molar-refractivity contribution is -0.139. The standard InChI is InChI=1S/C18H24O5/c1-11(2)17(20)22-7-6-15(19)10-23-18(21)16-9-12(3)8-13(4)14(16)5/h8-9,15,19H,1,6-7,10H2,2-5H3. The van der Waals surface area contributed by atoms with Crippen molar-refractivity contribution in [1.82, 2.24) is 0 Å². The fraction of sp³-hybridized carbons (Fsp3) is 0.444. The number of carbonyl (C=O) groups excluding carboxylic acids is 2. The number of aliphatic hydroxyl groups is 1. The molecule has 0 saturated heterocycles. The Labute approximate surface area is 136 Å². The molecule has 0 spiro atoms. The predicted octanol–water partition coefficient (Wildman–Crippen LogP) is 2.64. The molecule has 0 aromatic heterocycles. The summed E-state index contributed by atoms with van der Waals surface area (Å²) >= 11 is 0. The van der Waals surface area contributed by atoms with E-state index in [1.807, 2.05) is 26.8 Å². The number of benzene rings is 1. The molecule has 0 bridgehead atoms. The minimum atomic E-state index is -0.886. The fourth-order valence-electron chi connectivity index (χ4n) is 2.00. The number of ether oxygens (including phenoxy) is 2. The van der Waals surface area contributed by atoms with Crippen molar-refractivity contribution in [3.8, 4) is 0 Å². The maximum absolute atomic E-state index is 12.1. The number of aryl methyl sites for hydroxylation is 2. The third-order valence-electron chi connectivity index (χ3n) is 3.47. The molecule has 1 rings (SSSR count). The van der Waals surface area contributed by atoms with Gasteiger partial charge in [0, 0.05) is 12.0 Å². The molecule has 0 radical (unpaired) electrons. The van der Waals surface area contributed by atoms with Gasteiger partial charge in [-0.2, -0.15) is 0 Å². The van der Waals surface area contributed by atoms with E-state index >= 15 is 0 Å². The van der Waals surface area contributed by atoms with Gasteiger partial charge in [0.1, 0.15) is 6.61 Å². The molecule has 5 heteroatoms. The predicted molar refractivity (Wildman–Crippen MR) is 87.3 cm³/mol. The van der Waals surface area contributed by atoms with Gasteiger partial charge in [0.25, 0.3) is 0 Å². The van der Waals surface area contributed by atoms with Crippen LogP contribution in [0.1, 0.15) is 40.4 Å². The minimum absolute atomic E-state index is 0.0486. The molecule has 0 saturated carbocycles.